The summed E-state index contributed by atoms with van der Waals surface area (Å²) in [6.45, 7) is 3.23. The molecule has 1 aromatic rings. The molecule has 0 aliphatic rings. The Morgan fingerprint density at radius 2 is 2.31 bits per heavy atom. The average molecular weight is 220 g/mol. The van der Waals surface area contributed by atoms with E-state index in [9.17, 15) is 14.7 Å². The maximum absolute atomic E-state index is 11.7. The van der Waals surface area contributed by atoms with Crippen molar-refractivity contribution in [3.8, 4) is 6.07 Å². The van der Waals surface area contributed by atoms with Crippen LogP contribution >= 0.6 is 0 Å². The number of Topliss-reactive ketones (excluding diaryl/α,β-unsaturated/α-hetero) is 1. The largest absolute Gasteiger partial charge is 0.385 e. The molecule has 0 aliphatic heterocycles. The fourth-order valence-electron chi connectivity index (χ4n) is 1.33. The fraction of sp³-hybridized carbons (Fsp3) is 0.364. The van der Waals surface area contributed by atoms with Gasteiger partial charge in [-0.05, 0) is 19.4 Å². The number of hydrogen-bond acceptors (Lipinski definition) is 4. The number of nitrogens with zero attached hydrogens (tertiary/aromatic N) is 1. The highest BCUT2D eigenvalue weighted by Gasteiger charge is 2.18. The van der Waals surface area contributed by atoms with Crippen LogP contribution in [0.4, 0.5) is 0 Å². The van der Waals surface area contributed by atoms with Gasteiger partial charge in [-0.25, -0.2) is 0 Å². The number of aromatic nitrogens is 1. The molecule has 0 amide bonds. The van der Waals surface area contributed by atoms with Crippen molar-refractivity contribution in [1.29, 1.82) is 5.26 Å². The quantitative estimate of drug-likeness (QED) is 0.725. The van der Waals surface area contributed by atoms with E-state index in [2.05, 4.69) is 4.98 Å². The lowest BCUT2D eigenvalue weighted by Crippen LogP contribution is -2.23. The van der Waals surface area contributed by atoms with Crippen molar-refractivity contribution in [1.82, 2.24) is 4.98 Å². The van der Waals surface area contributed by atoms with Gasteiger partial charge < -0.3 is 10.1 Å². The van der Waals surface area contributed by atoms with Crippen molar-refractivity contribution in [2.45, 2.75) is 26.4 Å². The van der Waals surface area contributed by atoms with Gasteiger partial charge in [0.2, 0.25) is 0 Å². The van der Waals surface area contributed by atoms with Crippen LogP contribution in [0.3, 0.4) is 0 Å². The molecular weight excluding hydrogens is 208 g/mol. The standard InChI is InChI=1S/C11H12N2O3/c1-3-9(14)10(15)8-4-7(5-12)11(16)13-6(8)2/h4,9,14H,3H2,1-2H3,(H,13,16). The molecule has 0 spiro atoms. The SMILES string of the molecule is CCC(O)C(=O)c1cc(C#N)c(=O)[nH]c1C. The van der Waals surface area contributed by atoms with Crippen LogP contribution in [0.25, 0.3) is 0 Å². The molecule has 1 unspecified atom stereocenters. The highest BCUT2D eigenvalue weighted by molar-refractivity contribution is 6.00. The Labute approximate surface area is 92.4 Å². The number of carbonyl (C=O) groups excluding carboxylic acids is 1. The Bertz CT molecular complexity index is 511. The van der Waals surface area contributed by atoms with Crippen LogP contribution in [0.5, 0.6) is 0 Å². The predicted molar refractivity (Wildman–Crippen MR) is 57.1 cm³/mol. The molecule has 1 rings (SSSR count). The summed E-state index contributed by atoms with van der Waals surface area (Å²) in [5.74, 6) is -0.479. The number of nitrogens with one attached hydrogen (secondary N) is 1. The number of H-pyrrole nitrogens is 1. The van der Waals surface area contributed by atoms with Crippen LogP contribution in [0.1, 0.15) is 35.0 Å². The summed E-state index contributed by atoms with van der Waals surface area (Å²) in [5.41, 5.74) is -0.105. The summed E-state index contributed by atoms with van der Waals surface area (Å²) in [6.07, 6.45) is -0.810. The fourth-order valence-corrected chi connectivity index (χ4v) is 1.33. The molecule has 5 heteroatoms. The number of ketones is 1. The zero-order chi connectivity index (χ0) is 12.3. The molecule has 0 radical (unpaired) electrons. The molecular formula is C11H12N2O3. The first-order chi connectivity index (χ1) is 7.51. The number of aliphatic hydroxyl groups is 1. The molecule has 84 valence electrons. The monoisotopic (exact) mass is 220 g/mol. The van der Waals surface area contributed by atoms with Gasteiger partial charge in [0.25, 0.3) is 5.56 Å². The van der Waals surface area contributed by atoms with Crippen molar-refractivity contribution in [2.24, 2.45) is 0 Å². The van der Waals surface area contributed by atoms with Gasteiger partial charge in [-0.3, -0.25) is 9.59 Å². The second-order valence-electron chi connectivity index (χ2n) is 3.45. The first kappa shape index (κ1) is 12.1. The Morgan fingerprint density at radius 3 is 2.81 bits per heavy atom. The van der Waals surface area contributed by atoms with Crippen molar-refractivity contribution >= 4 is 5.78 Å². The summed E-state index contributed by atoms with van der Waals surface area (Å²) in [4.78, 5) is 25.3. The minimum Gasteiger partial charge on any atom is -0.385 e. The molecule has 0 fully saturated rings. The average Bonchev–Trinajstić information content (AvgIpc) is 2.27. The van der Waals surface area contributed by atoms with Crippen LogP contribution in [0.15, 0.2) is 10.9 Å². The number of aliphatic hydroxyl groups excluding tert-OH is 1. The van der Waals surface area contributed by atoms with Crippen molar-refractivity contribution in [3.63, 3.8) is 0 Å². The summed E-state index contributed by atoms with van der Waals surface area (Å²) >= 11 is 0. The van der Waals surface area contributed by atoms with Crippen molar-refractivity contribution in [3.05, 3.63) is 33.2 Å². The van der Waals surface area contributed by atoms with E-state index in [1.807, 2.05) is 0 Å². The highest BCUT2D eigenvalue weighted by atomic mass is 16.3. The van der Waals surface area contributed by atoms with Gasteiger partial charge in [0.05, 0.1) is 0 Å². The third-order valence-corrected chi connectivity index (χ3v) is 2.31. The minimum atomic E-state index is -1.10. The van der Waals surface area contributed by atoms with Crippen molar-refractivity contribution in [2.75, 3.05) is 0 Å². The lowest BCUT2D eigenvalue weighted by Gasteiger charge is -2.09. The number of nitriles is 1. The molecule has 0 aliphatic carbocycles. The third-order valence-electron chi connectivity index (χ3n) is 2.31. The number of carbonyl (C=O) groups is 1. The van der Waals surface area contributed by atoms with Crippen LogP contribution in [-0.4, -0.2) is 22.0 Å². The molecule has 5 nitrogen and oxygen atoms in total. The molecule has 1 atom stereocenters. The van der Waals surface area contributed by atoms with Gasteiger partial charge in [-0.2, -0.15) is 5.26 Å². The number of aromatic amines is 1. The Kier molecular flexibility index (Phi) is 3.59. The number of aryl methyl sites for hydroxylation is 1. The first-order valence-corrected chi connectivity index (χ1v) is 4.87. The zero-order valence-corrected chi connectivity index (χ0v) is 9.07. The van der Waals surface area contributed by atoms with Crippen LogP contribution in [0, 0.1) is 18.3 Å². The maximum Gasteiger partial charge on any atom is 0.266 e. The zero-order valence-electron chi connectivity index (χ0n) is 9.07. The van der Waals surface area contributed by atoms with Crippen LogP contribution < -0.4 is 5.56 Å². The second kappa shape index (κ2) is 4.73. The van der Waals surface area contributed by atoms with E-state index in [0.717, 1.165) is 0 Å². The number of rotatable bonds is 3. The summed E-state index contributed by atoms with van der Waals surface area (Å²) in [7, 11) is 0. The van der Waals surface area contributed by atoms with Gasteiger partial charge >= 0.3 is 0 Å². The van der Waals surface area contributed by atoms with Crippen molar-refractivity contribution < 1.29 is 9.90 Å². The molecule has 0 saturated heterocycles. The smallest absolute Gasteiger partial charge is 0.266 e. The maximum atomic E-state index is 11.7. The molecule has 2 N–H and O–H groups in total. The second-order valence-corrected chi connectivity index (χ2v) is 3.45. The molecule has 1 aromatic heterocycles. The third kappa shape index (κ3) is 2.18. The molecule has 0 aromatic carbocycles. The summed E-state index contributed by atoms with van der Waals surface area (Å²) < 4.78 is 0. The predicted octanol–water partition coefficient (Wildman–Crippen LogP) is 0.509. The summed E-state index contributed by atoms with van der Waals surface area (Å²) in [6, 6.07) is 2.91. The lowest BCUT2D eigenvalue weighted by atomic mass is 10.0. The van der Waals surface area contributed by atoms with E-state index < -0.39 is 17.4 Å². The Balaban J connectivity index is 3.31. The van der Waals surface area contributed by atoms with E-state index in [1.54, 1.807) is 19.9 Å². The van der Waals surface area contributed by atoms with E-state index in [-0.39, 0.29) is 11.1 Å². The first-order valence-electron chi connectivity index (χ1n) is 4.87. The van der Waals surface area contributed by atoms with Gasteiger partial charge in [0.1, 0.15) is 17.7 Å². The van der Waals surface area contributed by atoms with Crippen LogP contribution in [-0.2, 0) is 0 Å². The van der Waals surface area contributed by atoms with Gasteiger partial charge in [-0.15, -0.1) is 0 Å². The summed E-state index contributed by atoms with van der Waals surface area (Å²) in [5, 5.41) is 18.1. The lowest BCUT2D eigenvalue weighted by molar-refractivity contribution is 0.0739. The van der Waals surface area contributed by atoms with E-state index >= 15 is 0 Å². The normalized spacial score (nSPS) is 11.9. The minimum absolute atomic E-state index is 0.128. The number of pyridine rings is 1. The van der Waals surface area contributed by atoms with Gasteiger partial charge in [0, 0.05) is 11.3 Å². The highest BCUT2D eigenvalue weighted by Crippen LogP contribution is 2.09. The van der Waals surface area contributed by atoms with E-state index in [0.29, 0.717) is 12.1 Å². The molecule has 0 saturated carbocycles. The number of hydrogen-bond donors (Lipinski definition) is 2. The molecule has 0 bridgehead atoms. The topological polar surface area (TPSA) is 93.9 Å². The Morgan fingerprint density at radius 1 is 1.69 bits per heavy atom. The van der Waals surface area contributed by atoms with E-state index in [1.165, 1.54) is 6.07 Å². The molecule has 16 heavy (non-hydrogen) atoms. The van der Waals surface area contributed by atoms with E-state index in [4.69, 9.17) is 5.26 Å². The Hall–Kier alpha value is -1.93. The molecule has 1 heterocycles. The van der Waals surface area contributed by atoms with Gasteiger partial charge in [0.15, 0.2) is 5.78 Å². The van der Waals surface area contributed by atoms with Crippen LogP contribution in [0.2, 0.25) is 0 Å². The van der Waals surface area contributed by atoms with Gasteiger partial charge in [-0.1, -0.05) is 6.92 Å².